The number of carbonyl (C=O) groups is 5. The lowest BCUT2D eigenvalue weighted by atomic mass is 9.85. The first-order valence-corrected chi connectivity index (χ1v) is 23.4. The van der Waals surface area contributed by atoms with E-state index in [-0.39, 0.29) is 49.8 Å². The minimum Gasteiger partial charge on any atom is -0.497 e. The zero-order valence-corrected chi connectivity index (χ0v) is 35.9. The molecule has 15 heteroatoms. The van der Waals surface area contributed by atoms with Gasteiger partial charge in [0.2, 0.25) is 27.7 Å². The van der Waals surface area contributed by atoms with Crippen LogP contribution in [0.3, 0.4) is 0 Å². The van der Waals surface area contributed by atoms with E-state index in [0.717, 1.165) is 38.5 Å². The number of benzene rings is 1. The van der Waals surface area contributed by atoms with Gasteiger partial charge in [0.05, 0.1) is 46.3 Å². The molecule has 0 spiro atoms. The fraction of sp³-hybridized carbons (Fsp3) is 0.543. The Hall–Kier alpha value is -5.18. The Labute approximate surface area is 357 Å². The van der Waals surface area contributed by atoms with Gasteiger partial charge in [0, 0.05) is 61.4 Å². The number of piperidine rings is 1. The first-order valence-electron chi connectivity index (χ1n) is 21.9. The van der Waals surface area contributed by atoms with E-state index < -0.39 is 55.9 Å². The van der Waals surface area contributed by atoms with Crippen molar-refractivity contribution in [3.8, 4) is 17.1 Å². The quantitative estimate of drug-likeness (QED) is 0.260. The summed E-state index contributed by atoms with van der Waals surface area (Å²) in [4.78, 5) is 84.6. The summed E-state index contributed by atoms with van der Waals surface area (Å²) in [5.74, 6) is -2.05. The van der Waals surface area contributed by atoms with Crippen molar-refractivity contribution < 1.29 is 37.1 Å². The number of hydrogen-bond donors (Lipinski definition) is 2. The zero-order chi connectivity index (χ0) is 42.9. The largest absolute Gasteiger partial charge is 0.497 e. The minimum absolute atomic E-state index is 0.0151. The van der Waals surface area contributed by atoms with Crippen LogP contribution >= 0.6 is 0 Å². The Morgan fingerprint density at radius 2 is 1.74 bits per heavy atom. The Morgan fingerprint density at radius 1 is 0.951 bits per heavy atom. The molecule has 2 aliphatic carbocycles. The summed E-state index contributed by atoms with van der Waals surface area (Å²) in [6, 6.07) is 10.7. The van der Waals surface area contributed by atoms with E-state index in [9.17, 15) is 32.4 Å². The molecule has 2 N–H and O–H groups in total. The van der Waals surface area contributed by atoms with Crippen LogP contribution < -0.4 is 14.8 Å². The van der Waals surface area contributed by atoms with E-state index in [1.807, 2.05) is 30.0 Å². The first-order chi connectivity index (χ1) is 29.3. The van der Waals surface area contributed by atoms with Crippen LogP contribution in [0, 0.1) is 16.7 Å². The fourth-order valence-electron chi connectivity index (χ4n) is 9.71. The van der Waals surface area contributed by atoms with Gasteiger partial charge in [-0.05, 0) is 101 Å². The highest BCUT2D eigenvalue weighted by molar-refractivity contribution is 7.90. The average molecular weight is 853 g/mol. The number of carbonyl (C=O) groups excluding carboxylic acids is 5. The van der Waals surface area contributed by atoms with Crippen molar-refractivity contribution in [1.82, 2.24) is 29.8 Å². The van der Waals surface area contributed by atoms with Crippen LogP contribution in [0.1, 0.15) is 107 Å². The molecule has 2 aromatic heterocycles. The number of ether oxygens (including phenoxy) is 1. The van der Waals surface area contributed by atoms with Crippen molar-refractivity contribution in [2.24, 2.45) is 16.7 Å². The molecule has 0 unspecified atom stereocenters. The van der Waals surface area contributed by atoms with E-state index in [1.54, 1.807) is 42.6 Å². The van der Waals surface area contributed by atoms with Crippen molar-refractivity contribution in [1.29, 1.82) is 0 Å². The Balaban J connectivity index is 1.12. The smallest absolute Gasteiger partial charge is 0.252 e. The summed E-state index contributed by atoms with van der Waals surface area (Å²) in [6.45, 7) is 3.21. The number of allylic oxidation sites excluding steroid dienone is 2. The topological polar surface area (TPSA) is 185 Å². The summed E-state index contributed by atoms with van der Waals surface area (Å²) >= 11 is 0. The van der Waals surface area contributed by atoms with Gasteiger partial charge in [0.15, 0.2) is 5.78 Å². The Morgan fingerprint density at radius 3 is 2.48 bits per heavy atom. The van der Waals surface area contributed by atoms with Crippen LogP contribution in [0.15, 0.2) is 60.8 Å². The molecular weight excluding hydrogens is 797 g/mol. The molecule has 14 nitrogen and oxygen atoms in total. The SMILES string of the molecule is COc1ccc2nc(-c3ccccn3)cc(C(=O)N[C@@H]3C[C@H]4C(=O)C[C@]5(C(=O)NS(=O)(=O)C6CC6)C[C@]5(C)/C=C\CCCCC[C@H](CC(=O)N5CCCCC5)C(=O)N4C3)c2c1. The Kier molecular flexibility index (Phi) is 12.1. The molecular formula is C46H56N6O8S. The molecule has 5 atom stereocenters. The third kappa shape index (κ3) is 8.94. The van der Waals surface area contributed by atoms with Crippen LogP contribution in [0.5, 0.6) is 5.75 Å². The summed E-state index contributed by atoms with van der Waals surface area (Å²) < 4.78 is 34.0. The molecule has 3 aromatic rings. The van der Waals surface area contributed by atoms with Crippen LogP contribution in [0.2, 0.25) is 0 Å². The van der Waals surface area contributed by atoms with Gasteiger partial charge in [-0.25, -0.2) is 13.4 Å². The standard InChI is InChI=1S/C46H56N6O8S/c1-45-19-9-5-3-4-7-13-30(23-41(54)51-21-11-6-12-22-51)43(56)52-28-31(24-39(52)40(53)27-46(45,29-45)44(57)50-61(58,59)33-16-17-33)48-42(55)35-26-38(37-14-8-10-20-47-37)49-36-18-15-32(60-2)25-34(35)36/h8-10,14-15,18-20,25-26,30-31,33,39H,3-7,11-13,16-17,21-24,27-29H2,1-2H3,(H,48,55)(H,50,57)/b19-9-/t30-,31-,39+,45+,46-/m1/s1. The molecule has 2 saturated heterocycles. The molecule has 1 aromatic carbocycles. The molecule has 3 aliphatic heterocycles. The molecule has 324 valence electrons. The van der Waals surface area contributed by atoms with Gasteiger partial charge in [-0.3, -0.25) is 33.7 Å². The van der Waals surface area contributed by atoms with E-state index in [2.05, 4.69) is 15.0 Å². The first kappa shape index (κ1) is 42.5. The van der Waals surface area contributed by atoms with Gasteiger partial charge < -0.3 is 19.9 Å². The number of aromatic nitrogens is 2. The maximum Gasteiger partial charge on any atom is 0.252 e. The number of nitrogens with zero attached hydrogens (tertiary/aromatic N) is 4. The number of methoxy groups -OCH3 is 1. The van der Waals surface area contributed by atoms with Gasteiger partial charge >= 0.3 is 0 Å². The molecule has 4 fully saturated rings. The lowest BCUT2D eigenvalue weighted by Crippen LogP contribution is -2.47. The predicted octanol–water partition coefficient (Wildman–Crippen LogP) is 5.51. The summed E-state index contributed by atoms with van der Waals surface area (Å²) in [6.07, 6.45) is 13.1. The van der Waals surface area contributed by atoms with E-state index in [4.69, 9.17) is 9.72 Å². The minimum atomic E-state index is -3.90. The number of Topliss-reactive ketones (excluding diaryl/α,β-unsaturated/α-hetero) is 1. The third-order valence-corrected chi connectivity index (χ3v) is 15.4. The third-order valence-electron chi connectivity index (χ3n) is 13.6. The highest BCUT2D eigenvalue weighted by atomic mass is 32.2. The molecule has 61 heavy (non-hydrogen) atoms. The van der Waals surface area contributed by atoms with Crippen molar-refractivity contribution in [3.05, 3.63) is 66.4 Å². The molecule has 5 heterocycles. The molecule has 2 saturated carbocycles. The number of likely N-dealkylation sites (tertiary alicyclic amines) is 1. The van der Waals surface area contributed by atoms with Gasteiger partial charge in [-0.1, -0.05) is 38.0 Å². The van der Waals surface area contributed by atoms with E-state index in [0.29, 0.717) is 72.4 Å². The van der Waals surface area contributed by atoms with Crippen LogP contribution in [-0.2, 0) is 29.2 Å². The summed E-state index contributed by atoms with van der Waals surface area (Å²) in [5.41, 5.74) is -0.182. The lowest BCUT2D eigenvalue weighted by Gasteiger charge is -2.31. The second-order valence-corrected chi connectivity index (χ2v) is 19.9. The second kappa shape index (κ2) is 17.3. The van der Waals surface area contributed by atoms with Crippen LogP contribution in [0.25, 0.3) is 22.3 Å². The van der Waals surface area contributed by atoms with Crippen LogP contribution in [0.4, 0.5) is 0 Å². The molecule has 8 rings (SSSR count). The number of nitrogens with one attached hydrogen (secondary N) is 2. The maximum atomic E-state index is 14.9. The van der Waals surface area contributed by atoms with Crippen molar-refractivity contribution >= 4 is 50.3 Å². The number of sulfonamides is 1. The number of fused-ring (bicyclic) bond motifs is 3. The van der Waals surface area contributed by atoms with Crippen molar-refractivity contribution in [2.45, 2.75) is 114 Å². The molecule has 4 amide bonds. The maximum absolute atomic E-state index is 14.9. The lowest BCUT2D eigenvalue weighted by molar-refractivity contribution is -0.145. The van der Waals surface area contributed by atoms with Gasteiger partial charge in [0.1, 0.15) is 5.75 Å². The van der Waals surface area contributed by atoms with Crippen molar-refractivity contribution in [3.63, 3.8) is 0 Å². The highest BCUT2D eigenvalue weighted by Crippen LogP contribution is 2.67. The number of hydrogen-bond acceptors (Lipinski definition) is 10. The monoisotopic (exact) mass is 852 g/mol. The van der Waals surface area contributed by atoms with Crippen LogP contribution in [-0.4, -0.2) is 102 Å². The zero-order valence-electron chi connectivity index (χ0n) is 35.1. The highest BCUT2D eigenvalue weighted by Gasteiger charge is 2.69. The van der Waals surface area contributed by atoms with Gasteiger partial charge in [-0.2, -0.15) is 0 Å². The van der Waals surface area contributed by atoms with Crippen molar-refractivity contribution in [2.75, 3.05) is 26.7 Å². The predicted molar refractivity (Wildman–Crippen MR) is 229 cm³/mol. The summed E-state index contributed by atoms with van der Waals surface area (Å²) in [7, 11) is -2.36. The second-order valence-electron chi connectivity index (χ2n) is 17.9. The molecule has 0 bridgehead atoms. The normalized spacial score (nSPS) is 27.9. The Bertz CT molecular complexity index is 2350. The van der Waals surface area contributed by atoms with Gasteiger partial charge in [0.25, 0.3) is 5.91 Å². The number of rotatable bonds is 9. The number of ketones is 1. The summed E-state index contributed by atoms with van der Waals surface area (Å²) in [5, 5.41) is 3.05. The van der Waals surface area contributed by atoms with E-state index >= 15 is 0 Å². The fourth-order valence-corrected chi connectivity index (χ4v) is 11.1. The van der Waals surface area contributed by atoms with Gasteiger partial charge in [-0.15, -0.1) is 0 Å². The molecule has 0 radical (unpaired) electrons. The number of pyridine rings is 2. The molecule has 5 aliphatic rings. The van der Waals surface area contributed by atoms with E-state index in [1.165, 1.54) is 12.0 Å². The number of amides is 4. The average Bonchev–Trinajstić information content (AvgIpc) is 4.17.